The molecule has 2 aliphatic heterocycles. The minimum Gasteiger partial charge on any atom is -0.493 e. The van der Waals surface area contributed by atoms with Gasteiger partial charge in [0, 0.05) is 56.6 Å². The Balaban J connectivity index is 1.36. The van der Waals surface area contributed by atoms with Crippen LogP contribution < -0.4 is 20.3 Å². The summed E-state index contributed by atoms with van der Waals surface area (Å²) >= 11 is 0. The van der Waals surface area contributed by atoms with E-state index < -0.39 is 0 Å². The molecule has 0 radical (unpaired) electrons. The zero-order chi connectivity index (χ0) is 18.9. The van der Waals surface area contributed by atoms with Crippen LogP contribution in [0.5, 0.6) is 5.75 Å². The highest BCUT2D eigenvalue weighted by molar-refractivity contribution is 5.94. The molecule has 0 spiro atoms. The van der Waals surface area contributed by atoms with Crippen LogP contribution in [0.3, 0.4) is 0 Å². The summed E-state index contributed by atoms with van der Waals surface area (Å²) in [6.45, 7) is 4.32. The van der Waals surface area contributed by atoms with Crippen LogP contribution in [0, 0.1) is 0 Å². The van der Waals surface area contributed by atoms with Crippen LogP contribution in [0.2, 0.25) is 0 Å². The number of benzene rings is 1. The number of carbonyl (C=O) groups is 1. The number of amides is 1. The SMILES string of the molecule is O=C(N[C@H]1CCOc2ccccc21)c1cnc2cc(N3CCNCC3)nn2c1. The Morgan fingerprint density at radius 2 is 2.11 bits per heavy atom. The van der Waals surface area contributed by atoms with Crippen molar-refractivity contribution < 1.29 is 9.53 Å². The van der Waals surface area contributed by atoms with Gasteiger partial charge in [0.05, 0.1) is 18.2 Å². The number of nitrogens with zero attached hydrogens (tertiary/aromatic N) is 4. The van der Waals surface area contributed by atoms with Crippen molar-refractivity contribution in [2.24, 2.45) is 0 Å². The van der Waals surface area contributed by atoms with Gasteiger partial charge in [-0.25, -0.2) is 9.50 Å². The van der Waals surface area contributed by atoms with E-state index in [2.05, 4.69) is 25.6 Å². The molecule has 5 rings (SSSR count). The number of anilines is 1. The van der Waals surface area contributed by atoms with Gasteiger partial charge in [-0.1, -0.05) is 18.2 Å². The highest BCUT2D eigenvalue weighted by Gasteiger charge is 2.23. The first-order valence-electron chi connectivity index (χ1n) is 9.61. The molecule has 0 bridgehead atoms. The lowest BCUT2D eigenvalue weighted by Crippen LogP contribution is -2.43. The number of piperazine rings is 1. The highest BCUT2D eigenvalue weighted by Crippen LogP contribution is 2.31. The maximum Gasteiger partial charge on any atom is 0.254 e. The second-order valence-electron chi connectivity index (χ2n) is 7.09. The van der Waals surface area contributed by atoms with E-state index in [1.807, 2.05) is 30.3 Å². The highest BCUT2D eigenvalue weighted by atomic mass is 16.5. The summed E-state index contributed by atoms with van der Waals surface area (Å²) in [5, 5.41) is 11.1. The van der Waals surface area contributed by atoms with Crippen molar-refractivity contribution in [2.75, 3.05) is 37.7 Å². The predicted octanol–water partition coefficient (Wildman–Crippen LogP) is 1.39. The van der Waals surface area contributed by atoms with Gasteiger partial charge in [-0.15, -0.1) is 5.10 Å². The van der Waals surface area contributed by atoms with Gasteiger partial charge < -0.3 is 20.3 Å². The van der Waals surface area contributed by atoms with Crippen molar-refractivity contribution >= 4 is 17.4 Å². The predicted molar refractivity (Wildman–Crippen MR) is 105 cm³/mol. The van der Waals surface area contributed by atoms with Crippen LogP contribution in [0.1, 0.15) is 28.4 Å². The van der Waals surface area contributed by atoms with Crippen LogP contribution in [0.4, 0.5) is 5.82 Å². The molecule has 0 saturated carbocycles. The zero-order valence-electron chi connectivity index (χ0n) is 15.5. The summed E-state index contributed by atoms with van der Waals surface area (Å²) in [5.74, 6) is 1.57. The third-order valence-corrected chi connectivity index (χ3v) is 5.27. The molecule has 0 aliphatic carbocycles. The van der Waals surface area contributed by atoms with E-state index in [1.165, 1.54) is 0 Å². The molecule has 3 aromatic rings. The van der Waals surface area contributed by atoms with Gasteiger partial charge in [-0.3, -0.25) is 4.79 Å². The number of ether oxygens (including phenoxy) is 1. The third-order valence-electron chi connectivity index (χ3n) is 5.27. The second-order valence-corrected chi connectivity index (χ2v) is 7.09. The molecular formula is C20H22N6O2. The van der Waals surface area contributed by atoms with Crippen molar-refractivity contribution in [2.45, 2.75) is 12.5 Å². The molecule has 0 unspecified atom stereocenters. The summed E-state index contributed by atoms with van der Waals surface area (Å²) in [6, 6.07) is 9.72. The number of rotatable bonds is 3. The van der Waals surface area contributed by atoms with Crippen molar-refractivity contribution in [3.05, 3.63) is 53.9 Å². The largest absolute Gasteiger partial charge is 0.493 e. The number of nitrogens with one attached hydrogen (secondary N) is 2. The summed E-state index contributed by atoms with van der Waals surface area (Å²) in [6.07, 6.45) is 4.10. The number of aromatic nitrogens is 3. The standard InChI is InChI=1S/C20H22N6O2/c27-20(23-16-5-10-28-17-4-2-1-3-15(16)17)14-12-22-18-11-19(24-26(18)13-14)25-8-6-21-7-9-25/h1-4,11-13,16,21H,5-10H2,(H,23,27)/t16-/m0/s1. The van der Waals surface area contributed by atoms with Crippen molar-refractivity contribution in [3.63, 3.8) is 0 Å². The molecule has 1 aromatic carbocycles. The molecule has 1 fully saturated rings. The first kappa shape index (κ1) is 17.0. The van der Waals surface area contributed by atoms with E-state index in [0.29, 0.717) is 12.2 Å². The van der Waals surface area contributed by atoms with Crippen LogP contribution in [-0.4, -0.2) is 53.3 Å². The molecule has 2 aliphatic rings. The lowest BCUT2D eigenvalue weighted by molar-refractivity contribution is 0.0924. The van der Waals surface area contributed by atoms with Gasteiger partial charge in [-0.05, 0) is 6.07 Å². The Morgan fingerprint density at radius 1 is 1.25 bits per heavy atom. The van der Waals surface area contributed by atoms with E-state index in [0.717, 1.165) is 55.4 Å². The van der Waals surface area contributed by atoms with E-state index in [4.69, 9.17) is 4.74 Å². The number of hydrogen-bond acceptors (Lipinski definition) is 6. The number of fused-ring (bicyclic) bond motifs is 2. The molecule has 2 aromatic heterocycles. The average Bonchev–Trinajstić information content (AvgIpc) is 3.18. The minimum atomic E-state index is -0.157. The van der Waals surface area contributed by atoms with Gasteiger partial charge >= 0.3 is 0 Å². The first-order valence-corrected chi connectivity index (χ1v) is 9.61. The Morgan fingerprint density at radius 3 is 3.00 bits per heavy atom. The van der Waals surface area contributed by atoms with Gasteiger partial charge in [-0.2, -0.15) is 0 Å². The normalized spacial score (nSPS) is 19.1. The average molecular weight is 378 g/mol. The molecule has 1 atom stereocenters. The third kappa shape index (κ3) is 3.16. The van der Waals surface area contributed by atoms with Gasteiger partial charge in [0.1, 0.15) is 5.75 Å². The Kier molecular flexibility index (Phi) is 4.32. The molecule has 8 nitrogen and oxygen atoms in total. The molecule has 144 valence electrons. The van der Waals surface area contributed by atoms with Crippen LogP contribution in [0.25, 0.3) is 5.65 Å². The van der Waals surface area contributed by atoms with Crippen molar-refractivity contribution in [1.29, 1.82) is 0 Å². The number of hydrogen-bond donors (Lipinski definition) is 2. The topological polar surface area (TPSA) is 83.8 Å². The molecule has 8 heteroatoms. The first-order chi connectivity index (χ1) is 13.8. The molecule has 1 saturated heterocycles. The summed E-state index contributed by atoms with van der Waals surface area (Å²) < 4.78 is 7.36. The van der Waals surface area contributed by atoms with E-state index >= 15 is 0 Å². The fourth-order valence-corrected chi connectivity index (χ4v) is 3.76. The summed E-state index contributed by atoms with van der Waals surface area (Å²) in [4.78, 5) is 19.5. The second kappa shape index (κ2) is 7.12. The molecular weight excluding hydrogens is 356 g/mol. The molecule has 28 heavy (non-hydrogen) atoms. The zero-order valence-corrected chi connectivity index (χ0v) is 15.5. The van der Waals surface area contributed by atoms with Crippen LogP contribution >= 0.6 is 0 Å². The maximum absolute atomic E-state index is 12.8. The monoisotopic (exact) mass is 378 g/mol. The van der Waals surface area contributed by atoms with E-state index in [9.17, 15) is 4.79 Å². The Labute approximate surface area is 162 Å². The van der Waals surface area contributed by atoms with Gasteiger partial charge in [0.25, 0.3) is 5.91 Å². The molecule has 2 N–H and O–H groups in total. The van der Waals surface area contributed by atoms with Gasteiger partial charge in [0.2, 0.25) is 0 Å². The lowest BCUT2D eigenvalue weighted by atomic mass is 10.0. The number of para-hydroxylation sites is 1. The smallest absolute Gasteiger partial charge is 0.254 e. The number of carbonyl (C=O) groups excluding carboxylic acids is 1. The van der Waals surface area contributed by atoms with E-state index in [-0.39, 0.29) is 11.9 Å². The van der Waals surface area contributed by atoms with E-state index in [1.54, 1.807) is 16.9 Å². The minimum absolute atomic E-state index is 0.0674. The fourth-order valence-electron chi connectivity index (χ4n) is 3.76. The molecule has 1 amide bonds. The quantitative estimate of drug-likeness (QED) is 0.717. The molecule has 4 heterocycles. The van der Waals surface area contributed by atoms with Crippen LogP contribution in [0.15, 0.2) is 42.7 Å². The van der Waals surface area contributed by atoms with Crippen molar-refractivity contribution in [3.8, 4) is 5.75 Å². The van der Waals surface area contributed by atoms with Crippen LogP contribution in [-0.2, 0) is 0 Å². The Bertz CT molecular complexity index is 1010. The fraction of sp³-hybridized carbons (Fsp3) is 0.350. The van der Waals surface area contributed by atoms with Gasteiger partial charge in [0.15, 0.2) is 11.5 Å². The maximum atomic E-state index is 12.8. The lowest BCUT2D eigenvalue weighted by Gasteiger charge is -2.26. The summed E-state index contributed by atoms with van der Waals surface area (Å²) in [5.41, 5.74) is 2.24. The Hall–Kier alpha value is -3.13. The van der Waals surface area contributed by atoms with Crippen molar-refractivity contribution in [1.82, 2.24) is 25.2 Å². The summed E-state index contributed by atoms with van der Waals surface area (Å²) in [7, 11) is 0.